The third-order valence-electron chi connectivity index (χ3n) is 2.87. The van der Waals surface area contributed by atoms with E-state index in [4.69, 9.17) is 5.73 Å². The highest BCUT2D eigenvalue weighted by Crippen LogP contribution is 2.35. The molecule has 0 bridgehead atoms. The molecule has 1 unspecified atom stereocenters. The summed E-state index contributed by atoms with van der Waals surface area (Å²) in [5.41, 5.74) is 11.2. The minimum atomic E-state index is 0.123. The predicted octanol–water partition coefficient (Wildman–Crippen LogP) is 4.36. The summed E-state index contributed by atoms with van der Waals surface area (Å²) in [4.78, 5) is 2.61. The fraction of sp³-hybridized carbons (Fsp3) is 0.333. The quantitative estimate of drug-likeness (QED) is 0.836. The fourth-order valence-electron chi connectivity index (χ4n) is 2.12. The smallest absolute Gasteiger partial charge is 0.0375 e. The van der Waals surface area contributed by atoms with Gasteiger partial charge in [-0.15, -0.1) is 11.3 Å². The Morgan fingerprint density at radius 1 is 1.00 bits per heavy atom. The van der Waals surface area contributed by atoms with Gasteiger partial charge in [0.1, 0.15) is 0 Å². The van der Waals surface area contributed by atoms with E-state index in [-0.39, 0.29) is 6.04 Å². The predicted molar refractivity (Wildman–Crippen MR) is 76.6 cm³/mol. The highest BCUT2D eigenvalue weighted by atomic mass is 32.1. The lowest BCUT2D eigenvalue weighted by Gasteiger charge is -2.04. The number of thiophene rings is 1. The maximum atomic E-state index is 5.94. The molecule has 0 aliphatic rings. The summed E-state index contributed by atoms with van der Waals surface area (Å²) in [5.74, 6) is 0. The molecule has 17 heavy (non-hydrogen) atoms. The number of hydrogen-bond donors (Lipinski definition) is 1. The van der Waals surface area contributed by atoms with Crippen LogP contribution in [0.25, 0.3) is 10.4 Å². The van der Waals surface area contributed by atoms with Crippen LogP contribution < -0.4 is 5.73 Å². The Bertz CT molecular complexity index is 518. The summed E-state index contributed by atoms with van der Waals surface area (Å²) < 4.78 is 0. The van der Waals surface area contributed by atoms with Gasteiger partial charge in [-0.05, 0) is 44.9 Å². The van der Waals surface area contributed by atoms with Crippen molar-refractivity contribution in [2.24, 2.45) is 5.73 Å². The van der Waals surface area contributed by atoms with E-state index in [0.29, 0.717) is 0 Å². The lowest BCUT2D eigenvalue weighted by Crippen LogP contribution is -2.01. The normalized spacial score (nSPS) is 12.8. The Balaban J connectivity index is 2.52. The molecule has 0 radical (unpaired) electrons. The highest BCUT2D eigenvalue weighted by Gasteiger charge is 2.10. The average molecular weight is 245 g/mol. The summed E-state index contributed by atoms with van der Waals surface area (Å²) in [6.45, 7) is 8.49. The first kappa shape index (κ1) is 12.3. The highest BCUT2D eigenvalue weighted by molar-refractivity contribution is 7.15. The van der Waals surface area contributed by atoms with Gasteiger partial charge in [-0.2, -0.15) is 0 Å². The zero-order valence-corrected chi connectivity index (χ0v) is 11.7. The molecule has 2 rings (SSSR count). The molecule has 2 heteroatoms. The van der Waals surface area contributed by atoms with Gasteiger partial charge in [0.25, 0.3) is 0 Å². The first-order valence-corrected chi connectivity index (χ1v) is 6.73. The van der Waals surface area contributed by atoms with Crippen LogP contribution in [0.4, 0.5) is 0 Å². The topological polar surface area (TPSA) is 26.0 Å². The van der Waals surface area contributed by atoms with Gasteiger partial charge < -0.3 is 5.73 Å². The molecular formula is C15H19NS. The molecule has 1 atom stereocenters. The van der Waals surface area contributed by atoms with Crippen LogP contribution >= 0.6 is 11.3 Å². The number of aryl methyl sites for hydroxylation is 3. The summed E-state index contributed by atoms with van der Waals surface area (Å²) >= 11 is 1.81. The minimum Gasteiger partial charge on any atom is -0.324 e. The molecule has 1 heterocycles. The second-order valence-corrected chi connectivity index (χ2v) is 5.91. The van der Waals surface area contributed by atoms with Crippen LogP contribution in [0.5, 0.6) is 0 Å². The molecule has 2 N–H and O–H groups in total. The molecule has 0 saturated heterocycles. The molecule has 0 fully saturated rings. The van der Waals surface area contributed by atoms with Gasteiger partial charge >= 0.3 is 0 Å². The lowest BCUT2D eigenvalue weighted by atomic mass is 10.0. The van der Waals surface area contributed by atoms with Crippen molar-refractivity contribution in [2.45, 2.75) is 33.7 Å². The van der Waals surface area contributed by atoms with Crippen LogP contribution in [0.2, 0.25) is 0 Å². The molecule has 0 aliphatic carbocycles. The van der Waals surface area contributed by atoms with Crippen molar-refractivity contribution in [1.29, 1.82) is 0 Å². The van der Waals surface area contributed by atoms with Gasteiger partial charge in [0.2, 0.25) is 0 Å². The van der Waals surface area contributed by atoms with Crippen molar-refractivity contribution in [2.75, 3.05) is 0 Å². The second kappa shape index (κ2) is 4.63. The van der Waals surface area contributed by atoms with Crippen LogP contribution in [0.1, 0.15) is 34.5 Å². The molecule has 0 spiro atoms. The number of benzene rings is 1. The summed E-state index contributed by atoms with van der Waals surface area (Å²) in [7, 11) is 0. The van der Waals surface area contributed by atoms with E-state index in [1.165, 1.54) is 32.0 Å². The molecular weight excluding hydrogens is 226 g/mol. The zero-order chi connectivity index (χ0) is 12.6. The first-order chi connectivity index (χ1) is 7.97. The van der Waals surface area contributed by atoms with Crippen LogP contribution in [0.15, 0.2) is 24.3 Å². The van der Waals surface area contributed by atoms with E-state index in [1.807, 2.05) is 18.3 Å². The molecule has 90 valence electrons. The van der Waals surface area contributed by atoms with Gasteiger partial charge in [-0.1, -0.05) is 29.3 Å². The zero-order valence-electron chi connectivity index (χ0n) is 10.9. The molecule has 2 aromatic rings. The first-order valence-electron chi connectivity index (χ1n) is 5.92. The van der Waals surface area contributed by atoms with E-state index in [9.17, 15) is 0 Å². The average Bonchev–Trinajstić information content (AvgIpc) is 2.59. The van der Waals surface area contributed by atoms with Gasteiger partial charge in [0, 0.05) is 15.8 Å². The Hall–Kier alpha value is -1.12. The molecule has 0 amide bonds. The second-order valence-electron chi connectivity index (χ2n) is 4.83. The van der Waals surface area contributed by atoms with E-state index < -0.39 is 0 Å². The van der Waals surface area contributed by atoms with Crippen LogP contribution in [0.3, 0.4) is 0 Å². The summed E-state index contributed by atoms with van der Waals surface area (Å²) in [6, 6.07) is 9.04. The van der Waals surface area contributed by atoms with E-state index >= 15 is 0 Å². The molecule has 0 aliphatic heterocycles. The molecule has 1 aromatic carbocycles. The van der Waals surface area contributed by atoms with E-state index in [2.05, 4.69) is 45.0 Å². The van der Waals surface area contributed by atoms with Gasteiger partial charge in [0.05, 0.1) is 0 Å². The minimum absolute atomic E-state index is 0.123. The van der Waals surface area contributed by atoms with E-state index in [0.717, 1.165) is 0 Å². The maximum absolute atomic E-state index is 5.94. The van der Waals surface area contributed by atoms with Gasteiger partial charge in [0.15, 0.2) is 0 Å². The van der Waals surface area contributed by atoms with Gasteiger partial charge in [-0.25, -0.2) is 0 Å². The number of nitrogens with two attached hydrogens (primary N) is 1. The van der Waals surface area contributed by atoms with Crippen molar-refractivity contribution >= 4 is 11.3 Å². The Labute approximate surface area is 107 Å². The van der Waals surface area contributed by atoms with Crippen molar-refractivity contribution in [3.05, 3.63) is 45.8 Å². The molecule has 1 aromatic heterocycles. The third-order valence-corrected chi connectivity index (χ3v) is 4.36. The van der Waals surface area contributed by atoms with Crippen LogP contribution in [-0.2, 0) is 0 Å². The van der Waals surface area contributed by atoms with Crippen molar-refractivity contribution in [3.8, 4) is 10.4 Å². The Kier molecular flexibility index (Phi) is 3.36. The Morgan fingerprint density at radius 3 is 2.06 bits per heavy atom. The fourth-order valence-corrected chi connectivity index (χ4v) is 3.24. The van der Waals surface area contributed by atoms with Crippen LogP contribution in [-0.4, -0.2) is 0 Å². The molecule has 1 nitrogen and oxygen atoms in total. The largest absolute Gasteiger partial charge is 0.324 e. The van der Waals surface area contributed by atoms with Crippen LogP contribution in [0, 0.1) is 20.8 Å². The standard InChI is InChI=1S/C15H19NS/c1-9-5-10(2)7-13(6-9)15-11(3)8-14(17-15)12(4)16/h5-8,12H,16H2,1-4H3. The monoisotopic (exact) mass is 245 g/mol. The van der Waals surface area contributed by atoms with Gasteiger partial charge in [-0.3, -0.25) is 0 Å². The maximum Gasteiger partial charge on any atom is 0.0375 e. The Morgan fingerprint density at radius 2 is 1.59 bits per heavy atom. The summed E-state index contributed by atoms with van der Waals surface area (Å²) in [5, 5.41) is 0. The summed E-state index contributed by atoms with van der Waals surface area (Å²) in [6.07, 6.45) is 0. The van der Waals surface area contributed by atoms with Crippen molar-refractivity contribution in [3.63, 3.8) is 0 Å². The number of rotatable bonds is 2. The lowest BCUT2D eigenvalue weighted by molar-refractivity contribution is 0.838. The van der Waals surface area contributed by atoms with Crippen molar-refractivity contribution in [1.82, 2.24) is 0 Å². The molecule has 0 saturated carbocycles. The SMILES string of the molecule is Cc1cc(C)cc(-c2sc(C(C)N)cc2C)c1. The van der Waals surface area contributed by atoms with E-state index in [1.54, 1.807) is 0 Å². The number of hydrogen-bond acceptors (Lipinski definition) is 2. The van der Waals surface area contributed by atoms with Crippen molar-refractivity contribution < 1.29 is 0 Å². The third kappa shape index (κ3) is 2.59.